The van der Waals surface area contributed by atoms with Gasteiger partial charge in [0.25, 0.3) is 0 Å². The van der Waals surface area contributed by atoms with E-state index in [2.05, 4.69) is 129 Å². The number of phosphoric acid groups is 1. The van der Waals surface area contributed by atoms with Crippen LogP contribution in [0.25, 0.3) is 0 Å². The first-order chi connectivity index (χ1) is 36.0. The molecule has 0 aromatic carbocycles. The largest absolute Gasteiger partial charge is 0.472 e. The van der Waals surface area contributed by atoms with E-state index in [0.717, 1.165) is 103 Å². The number of quaternary nitrogens is 1. The molecule has 0 aliphatic heterocycles. The van der Waals surface area contributed by atoms with Crippen molar-refractivity contribution in [3.05, 3.63) is 122 Å². The SMILES string of the molecule is CC/C=C\C/C=C\C/C=C\C/C=C\C/C=C\C/C=C\C/C=C\C/C=C\CCCCCCC(=O)NC(COP(=O)(O)OCC[N+](C)(C)C)C(O)/C=C/CC/C=C/CCCCCCCCCCCCCCCCCCC. The number of amides is 1. The van der Waals surface area contributed by atoms with Crippen LogP contribution in [0.4, 0.5) is 0 Å². The van der Waals surface area contributed by atoms with Crippen molar-refractivity contribution in [1.82, 2.24) is 5.32 Å². The number of nitrogens with zero attached hydrogens (tertiary/aromatic N) is 1. The normalized spacial score (nSPS) is 14.7. The van der Waals surface area contributed by atoms with Gasteiger partial charge in [-0.2, -0.15) is 0 Å². The highest BCUT2D eigenvalue weighted by Crippen LogP contribution is 2.43. The van der Waals surface area contributed by atoms with Gasteiger partial charge in [-0.05, 0) is 96.3 Å². The zero-order chi connectivity index (χ0) is 54.2. The molecule has 9 heteroatoms. The van der Waals surface area contributed by atoms with E-state index in [1.807, 2.05) is 27.2 Å². The second-order valence-electron chi connectivity index (χ2n) is 21.0. The molecule has 0 saturated carbocycles. The number of aliphatic hydroxyl groups excluding tert-OH is 1. The highest BCUT2D eigenvalue weighted by molar-refractivity contribution is 7.47. The smallest absolute Gasteiger partial charge is 0.387 e. The molecule has 0 aromatic heterocycles. The van der Waals surface area contributed by atoms with E-state index in [0.29, 0.717) is 17.4 Å². The van der Waals surface area contributed by atoms with Gasteiger partial charge in [-0.25, -0.2) is 4.57 Å². The Balaban J connectivity index is 4.35. The number of carbonyl (C=O) groups excluding carboxylic acids is 1. The summed E-state index contributed by atoms with van der Waals surface area (Å²) in [6, 6.07) is -0.888. The number of unbranched alkanes of at least 4 members (excludes halogenated alkanes) is 22. The topological polar surface area (TPSA) is 105 Å². The van der Waals surface area contributed by atoms with E-state index < -0.39 is 20.0 Å². The van der Waals surface area contributed by atoms with Crippen LogP contribution in [-0.4, -0.2) is 73.4 Å². The molecule has 0 rings (SSSR count). The highest BCUT2D eigenvalue weighted by Gasteiger charge is 2.27. The molecule has 0 aliphatic rings. The second-order valence-corrected chi connectivity index (χ2v) is 22.4. The Morgan fingerprint density at radius 1 is 0.473 bits per heavy atom. The zero-order valence-corrected chi connectivity index (χ0v) is 49.2. The summed E-state index contributed by atoms with van der Waals surface area (Å²) in [6.45, 7) is 4.66. The van der Waals surface area contributed by atoms with E-state index in [4.69, 9.17) is 9.05 Å². The third-order valence-corrected chi connectivity index (χ3v) is 13.6. The molecule has 1 amide bonds. The maximum atomic E-state index is 13.0. The first-order valence-corrected chi connectivity index (χ1v) is 31.4. The van der Waals surface area contributed by atoms with Gasteiger partial charge in [-0.3, -0.25) is 13.8 Å². The summed E-state index contributed by atoms with van der Waals surface area (Å²) in [4.78, 5) is 23.3. The van der Waals surface area contributed by atoms with Crippen molar-refractivity contribution in [3.63, 3.8) is 0 Å². The van der Waals surface area contributed by atoms with Crippen molar-refractivity contribution < 1.29 is 32.9 Å². The summed E-state index contributed by atoms with van der Waals surface area (Å²) >= 11 is 0. The van der Waals surface area contributed by atoms with Gasteiger partial charge in [-0.15, -0.1) is 0 Å². The van der Waals surface area contributed by atoms with E-state index in [-0.39, 0.29) is 19.1 Å². The van der Waals surface area contributed by atoms with Crippen LogP contribution in [-0.2, 0) is 18.4 Å². The van der Waals surface area contributed by atoms with Gasteiger partial charge < -0.3 is 19.8 Å². The second kappa shape index (κ2) is 54.7. The van der Waals surface area contributed by atoms with Crippen LogP contribution >= 0.6 is 7.82 Å². The maximum absolute atomic E-state index is 13.0. The molecule has 0 radical (unpaired) electrons. The fraction of sp³-hybridized carbons (Fsp3) is 0.677. The molecule has 0 spiro atoms. The number of hydrogen-bond donors (Lipinski definition) is 3. The Morgan fingerprint density at radius 2 is 0.824 bits per heavy atom. The molecule has 3 N–H and O–H groups in total. The predicted octanol–water partition coefficient (Wildman–Crippen LogP) is 18.5. The standard InChI is InChI=1S/C65H113N2O6P/c1-6-8-10-12-14-16-18-20-22-24-26-28-30-31-32-33-34-35-37-39-41-43-45-47-49-51-53-55-57-59-65(69)66-63(62-73-74(70,71)72-61-60-67(3,4)5)64(68)58-56-54-52-50-48-46-44-42-40-38-36-29-27-25-23-21-19-17-15-13-11-9-7-2/h8,10,14,16,20,22,26,28,31-32,34-35,39,41,45,47-48,50,56,58,63-64,68H,6-7,9,11-13,15,17-19,21,23-25,27,29-30,33,36-38,40,42-44,46,49,51-55,57,59-62H2,1-5H3,(H-,66,69,70,71)/p+1/b10-8-,16-14-,22-20-,28-26-,32-31-,35-34-,41-39-,47-45-,50-48+,58-56+. The maximum Gasteiger partial charge on any atom is 0.472 e. The van der Waals surface area contributed by atoms with Gasteiger partial charge in [0.2, 0.25) is 5.91 Å². The summed E-state index contributed by atoms with van der Waals surface area (Å²) in [7, 11) is 1.52. The fourth-order valence-electron chi connectivity index (χ4n) is 8.01. The van der Waals surface area contributed by atoms with Crippen molar-refractivity contribution in [2.45, 2.75) is 244 Å². The lowest BCUT2D eigenvalue weighted by molar-refractivity contribution is -0.870. The number of allylic oxidation sites excluding steroid dienone is 19. The summed E-state index contributed by atoms with van der Waals surface area (Å²) in [6.07, 6.45) is 81.6. The lowest BCUT2D eigenvalue weighted by Crippen LogP contribution is -2.45. The molecule has 0 heterocycles. The lowest BCUT2D eigenvalue weighted by Gasteiger charge is -2.25. The molecule has 0 bridgehead atoms. The molecule has 424 valence electrons. The number of carbonyl (C=O) groups is 1. The number of rotatable bonds is 53. The zero-order valence-electron chi connectivity index (χ0n) is 48.3. The summed E-state index contributed by atoms with van der Waals surface area (Å²) in [5, 5.41) is 13.9. The van der Waals surface area contributed by atoms with Gasteiger partial charge in [0.15, 0.2) is 0 Å². The number of aliphatic hydroxyl groups is 1. The molecular weight excluding hydrogens is 936 g/mol. The van der Waals surface area contributed by atoms with Crippen LogP contribution in [0, 0.1) is 0 Å². The van der Waals surface area contributed by atoms with Crippen LogP contribution < -0.4 is 5.32 Å². The highest BCUT2D eigenvalue weighted by atomic mass is 31.2. The molecule has 3 atom stereocenters. The Kier molecular flexibility index (Phi) is 52.4. The first kappa shape index (κ1) is 70.9. The molecule has 0 aromatic rings. The van der Waals surface area contributed by atoms with Crippen LogP contribution in [0.15, 0.2) is 122 Å². The van der Waals surface area contributed by atoms with Crippen LogP contribution in [0.2, 0.25) is 0 Å². The predicted molar refractivity (Wildman–Crippen MR) is 322 cm³/mol. The molecule has 3 unspecified atom stereocenters. The van der Waals surface area contributed by atoms with E-state index >= 15 is 0 Å². The van der Waals surface area contributed by atoms with E-state index in [1.54, 1.807) is 6.08 Å². The minimum atomic E-state index is -4.37. The first-order valence-electron chi connectivity index (χ1n) is 29.9. The number of hydrogen-bond acceptors (Lipinski definition) is 5. The van der Waals surface area contributed by atoms with Gasteiger partial charge >= 0.3 is 7.82 Å². The monoisotopic (exact) mass is 1050 g/mol. The molecular formula is C65H114N2O6P+. The van der Waals surface area contributed by atoms with Crippen molar-refractivity contribution >= 4 is 13.7 Å². The quantitative estimate of drug-likeness (QED) is 0.0243. The fourth-order valence-corrected chi connectivity index (χ4v) is 8.75. The number of likely N-dealkylation sites (N-methyl/N-ethyl adjacent to an activating group) is 1. The lowest BCUT2D eigenvalue weighted by atomic mass is 10.0. The van der Waals surface area contributed by atoms with Gasteiger partial charge in [0, 0.05) is 6.42 Å². The molecule has 8 nitrogen and oxygen atoms in total. The third-order valence-electron chi connectivity index (χ3n) is 12.7. The minimum Gasteiger partial charge on any atom is -0.387 e. The molecule has 0 aliphatic carbocycles. The molecule has 0 saturated heterocycles. The summed E-state index contributed by atoms with van der Waals surface area (Å²) in [5.74, 6) is -0.215. The van der Waals surface area contributed by atoms with E-state index in [9.17, 15) is 19.4 Å². The Bertz CT molecular complexity index is 1620. The summed E-state index contributed by atoms with van der Waals surface area (Å²) in [5.41, 5.74) is 0. The average Bonchev–Trinajstić information content (AvgIpc) is 3.36. The van der Waals surface area contributed by atoms with Gasteiger partial charge in [-0.1, -0.05) is 251 Å². The Labute approximate surface area is 456 Å². The van der Waals surface area contributed by atoms with Crippen molar-refractivity contribution in [3.8, 4) is 0 Å². The Hall–Kier alpha value is -3.10. The number of phosphoric ester groups is 1. The van der Waals surface area contributed by atoms with Gasteiger partial charge in [0.1, 0.15) is 13.2 Å². The van der Waals surface area contributed by atoms with Crippen molar-refractivity contribution in [2.24, 2.45) is 0 Å². The summed E-state index contributed by atoms with van der Waals surface area (Å²) < 4.78 is 23.7. The van der Waals surface area contributed by atoms with Gasteiger partial charge in [0.05, 0.1) is 39.9 Å². The van der Waals surface area contributed by atoms with Crippen molar-refractivity contribution in [2.75, 3.05) is 40.9 Å². The van der Waals surface area contributed by atoms with Crippen LogP contribution in [0.3, 0.4) is 0 Å². The van der Waals surface area contributed by atoms with Crippen molar-refractivity contribution in [1.29, 1.82) is 0 Å². The molecule has 0 fully saturated rings. The van der Waals surface area contributed by atoms with Crippen LogP contribution in [0.5, 0.6) is 0 Å². The Morgan fingerprint density at radius 3 is 1.24 bits per heavy atom. The minimum absolute atomic E-state index is 0.0440. The van der Waals surface area contributed by atoms with E-state index in [1.165, 1.54) is 109 Å². The molecule has 74 heavy (non-hydrogen) atoms. The average molecular weight is 1050 g/mol. The third kappa shape index (κ3) is 56.6. The number of nitrogens with one attached hydrogen (secondary N) is 1. The van der Waals surface area contributed by atoms with Crippen LogP contribution in [0.1, 0.15) is 232 Å².